The molecular weight excluding hydrogens is 192 g/mol. The van der Waals surface area contributed by atoms with Crippen LogP contribution in [0.25, 0.3) is 0 Å². The Hall–Kier alpha value is 0. The summed E-state index contributed by atoms with van der Waals surface area (Å²) in [5, 5.41) is 0. The van der Waals surface area contributed by atoms with E-state index in [4.69, 9.17) is 0 Å². The van der Waals surface area contributed by atoms with Crippen molar-refractivity contribution in [3.05, 3.63) is 6.42 Å². The molecular formula is C16H29. The molecule has 0 bridgehead atoms. The van der Waals surface area contributed by atoms with Gasteiger partial charge in [-0.05, 0) is 24.7 Å². The smallest absolute Gasteiger partial charge is 0.0355 e. The normalized spacial score (nSPS) is 25.5. The summed E-state index contributed by atoms with van der Waals surface area (Å²) in [6.07, 6.45) is 22.1. The van der Waals surface area contributed by atoms with Gasteiger partial charge in [0.25, 0.3) is 0 Å². The Morgan fingerprint density at radius 3 is 1.94 bits per heavy atom. The minimum Gasteiger partial charge on any atom is -0.0533 e. The predicted octanol–water partition coefficient (Wildman–Crippen LogP) is 5.52. The fourth-order valence-corrected chi connectivity index (χ4v) is 3.59. The van der Waals surface area contributed by atoms with Gasteiger partial charge >= 0.3 is 0 Å². The molecule has 2 saturated carbocycles. The van der Waals surface area contributed by atoms with Gasteiger partial charge in [-0.1, -0.05) is 77.0 Å². The second-order valence-corrected chi connectivity index (χ2v) is 6.07. The third-order valence-corrected chi connectivity index (χ3v) is 4.70. The largest absolute Gasteiger partial charge is 0.0533 e. The topological polar surface area (TPSA) is 0 Å². The van der Waals surface area contributed by atoms with E-state index in [0.29, 0.717) is 0 Å². The first-order chi connectivity index (χ1) is 7.95. The molecule has 2 fully saturated rings. The Labute approximate surface area is 102 Å². The minimum absolute atomic E-state index is 0.978. The lowest BCUT2D eigenvalue weighted by atomic mass is 9.84. The highest BCUT2D eigenvalue weighted by Crippen LogP contribution is 2.30. The quantitative estimate of drug-likeness (QED) is 0.548. The Bertz CT molecular complexity index is 159. The van der Waals surface area contributed by atoms with Gasteiger partial charge < -0.3 is 0 Å². The lowest BCUT2D eigenvalue weighted by Gasteiger charge is -2.22. The van der Waals surface area contributed by atoms with Crippen molar-refractivity contribution in [2.45, 2.75) is 83.5 Å². The highest BCUT2D eigenvalue weighted by atomic mass is 14.2. The molecule has 0 aromatic rings. The first-order valence-electron chi connectivity index (χ1n) is 7.78. The fourth-order valence-electron chi connectivity index (χ4n) is 3.59. The molecule has 0 unspecified atom stereocenters. The minimum atomic E-state index is 0.978. The van der Waals surface area contributed by atoms with E-state index in [9.17, 15) is 0 Å². The van der Waals surface area contributed by atoms with Crippen molar-refractivity contribution in [1.29, 1.82) is 0 Å². The highest BCUT2D eigenvalue weighted by molar-refractivity contribution is 4.80. The van der Waals surface area contributed by atoms with Crippen LogP contribution in [0.4, 0.5) is 0 Å². The zero-order valence-electron chi connectivity index (χ0n) is 10.9. The maximum absolute atomic E-state index is 2.68. The molecule has 0 aliphatic heterocycles. The highest BCUT2D eigenvalue weighted by Gasteiger charge is 2.15. The van der Waals surface area contributed by atoms with Crippen LogP contribution in [0, 0.1) is 18.3 Å². The average Bonchev–Trinajstić information content (AvgIpc) is 2.59. The van der Waals surface area contributed by atoms with Crippen LogP contribution in [-0.4, -0.2) is 0 Å². The summed E-state index contributed by atoms with van der Waals surface area (Å²) in [5.41, 5.74) is 0. The van der Waals surface area contributed by atoms with Crippen molar-refractivity contribution in [2.75, 3.05) is 0 Å². The maximum Gasteiger partial charge on any atom is -0.0355 e. The van der Waals surface area contributed by atoms with E-state index in [1.54, 1.807) is 0 Å². The van der Waals surface area contributed by atoms with Crippen molar-refractivity contribution in [3.8, 4) is 0 Å². The SMILES string of the molecule is [CH](CCC1CCCCC1)C1CCCCCC1. The summed E-state index contributed by atoms with van der Waals surface area (Å²) in [7, 11) is 0. The van der Waals surface area contributed by atoms with Crippen LogP contribution >= 0.6 is 0 Å². The van der Waals surface area contributed by atoms with Crippen LogP contribution in [0.15, 0.2) is 0 Å². The van der Waals surface area contributed by atoms with Gasteiger partial charge in [-0.2, -0.15) is 0 Å². The monoisotopic (exact) mass is 221 g/mol. The van der Waals surface area contributed by atoms with Crippen molar-refractivity contribution in [3.63, 3.8) is 0 Å². The van der Waals surface area contributed by atoms with Crippen LogP contribution in [-0.2, 0) is 0 Å². The predicted molar refractivity (Wildman–Crippen MR) is 71.3 cm³/mol. The van der Waals surface area contributed by atoms with Gasteiger partial charge in [0.2, 0.25) is 0 Å². The van der Waals surface area contributed by atoms with Crippen LogP contribution < -0.4 is 0 Å². The molecule has 0 N–H and O–H groups in total. The molecule has 0 spiro atoms. The van der Waals surface area contributed by atoms with Crippen LogP contribution in [0.5, 0.6) is 0 Å². The standard InChI is InChI=1S/C16H29/c1-2-5-10-15(9-4-1)13-8-14-16-11-6-3-7-12-16/h13,15-16H,1-12,14H2. The van der Waals surface area contributed by atoms with Crippen molar-refractivity contribution in [1.82, 2.24) is 0 Å². The second-order valence-electron chi connectivity index (χ2n) is 6.07. The van der Waals surface area contributed by atoms with Gasteiger partial charge in [0.1, 0.15) is 0 Å². The molecule has 0 nitrogen and oxygen atoms in total. The molecule has 1 radical (unpaired) electrons. The number of hydrogen-bond acceptors (Lipinski definition) is 0. The zero-order chi connectivity index (χ0) is 11.1. The van der Waals surface area contributed by atoms with E-state index in [1.807, 2.05) is 0 Å². The summed E-state index contributed by atoms with van der Waals surface area (Å²) in [6.45, 7) is 0. The lowest BCUT2D eigenvalue weighted by Crippen LogP contribution is -2.07. The number of hydrogen-bond donors (Lipinski definition) is 0. The van der Waals surface area contributed by atoms with E-state index in [2.05, 4.69) is 6.42 Å². The molecule has 16 heavy (non-hydrogen) atoms. The van der Waals surface area contributed by atoms with E-state index >= 15 is 0 Å². The van der Waals surface area contributed by atoms with Crippen LogP contribution in [0.1, 0.15) is 83.5 Å². The number of rotatable bonds is 4. The van der Waals surface area contributed by atoms with Gasteiger partial charge in [0, 0.05) is 0 Å². The van der Waals surface area contributed by atoms with Crippen molar-refractivity contribution >= 4 is 0 Å². The molecule has 2 rings (SSSR count). The van der Waals surface area contributed by atoms with Gasteiger partial charge in [-0.15, -0.1) is 0 Å². The van der Waals surface area contributed by atoms with E-state index in [1.165, 1.54) is 83.5 Å². The maximum atomic E-state index is 2.68. The summed E-state index contributed by atoms with van der Waals surface area (Å²) in [4.78, 5) is 0. The Morgan fingerprint density at radius 1 is 0.688 bits per heavy atom. The van der Waals surface area contributed by atoms with Gasteiger partial charge in [-0.25, -0.2) is 0 Å². The summed E-state index contributed by atoms with van der Waals surface area (Å²) < 4.78 is 0. The van der Waals surface area contributed by atoms with Gasteiger partial charge in [-0.3, -0.25) is 0 Å². The molecule has 0 atom stereocenters. The Balaban J connectivity index is 1.55. The molecule has 0 heterocycles. The molecule has 2 aliphatic rings. The van der Waals surface area contributed by atoms with Gasteiger partial charge in [0.05, 0.1) is 0 Å². The lowest BCUT2D eigenvalue weighted by molar-refractivity contribution is 0.332. The molecule has 0 amide bonds. The van der Waals surface area contributed by atoms with Crippen molar-refractivity contribution < 1.29 is 0 Å². The molecule has 0 heteroatoms. The Kier molecular flexibility index (Phi) is 5.72. The third-order valence-electron chi connectivity index (χ3n) is 4.70. The average molecular weight is 221 g/mol. The molecule has 0 aromatic heterocycles. The second kappa shape index (κ2) is 7.35. The van der Waals surface area contributed by atoms with Crippen LogP contribution in [0.2, 0.25) is 0 Å². The van der Waals surface area contributed by atoms with E-state index < -0.39 is 0 Å². The van der Waals surface area contributed by atoms with E-state index in [-0.39, 0.29) is 0 Å². The first-order valence-corrected chi connectivity index (χ1v) is 7.78. The fraction of sp³-hybridized carbons (Fsp3) is 0.938. The summed E-state index contributed by atoms with van der Waals surface area (Å²) >= 11 is 0. The molecule has 93 valence electrons. The van der Waals surface area contributed by atoms with Crippen molar-refractivity contribution in [2.24, 2.45) is 11.8 Å². The summed E-state index contributed by atoms with van der Waals surface area (Å²) in [6, 6.07) is 0. The van der Waals surface area contributed by atoms with E-state index in [0.717, 1.165) is 11.8 Å². The summed E-state index contributed by atoms with van der Waals surface area (Å²) in [5.74, 6) is 2.06. The molecule has 2 aliphatic carbocycles. The zero-order valence-corrected chi connectivity index (χ0v) is 10.9. The molecule has 0 aromatic carbocycles. The first kappa shape index (κ1) is 12.5. The van der Waals surface area contributed by atoms with Gasteiger partial charge in [0.15, 0.2) is 0 Å². The Morgan fingerprint density at radius 2 is 1.25 bits per heavy atom. The molecule has 0 saturated heterocycles. The third kappa shape index (κ3) is 4.47. The van der Waals surface area contributed by atoms with Crippen LogP contribution in [0.3, 0.4) is 0 Å².